The van der Waals surface area contributed by atoms with Crippen LogP contribution in [-0.2, 0) is 84.8 Å². The molecule has 0 aliphatic heterocycles. The van der Waals surface area contributed by atoms with E-state index in [2.05, 4.69) is 74.1 Å². The molecule has 1 heterocycles. The van der Waals surface area contributed by atoms with Crippen molar-refractivity contribution >= 4 is 111 Å². The van der Waals surface area contributed by atoms with E-state index in [0.29, 0.717) is 34.2 Å². The van der Waals surface area contributed by atoms with E-state index < -0.39 is 210 Å². The largest absolute Gasteiger partial charge is 0.481 e. The van der Waals surface area contributed by atoms with E-state index in [9.17, 15) is 92.3 Å². The van der Waals surface area contributed by atoms with Gasteiger partial charge in [-0.05, 0) is 117 Å². The van der Waals surface area contributed by atoms with E-state index in [-0.39, 0.29) is 68.6 Å². The Balaban J connectivity index is 1.93. The van der Waals surface area contributed by atoms with Crippen LogP contribution in [0.1, 0.15) is 167 Å². The summed E-state index contributed by atoms with van der Waals surface area (Å²) in [6.07, 6.45) is 1.46. The lowest BCUT2D eigenvalue weighted by atomic mass is 9.95. The number of aliphatic hydroxyl groups is 2. The topological polar surface area (TPSA) is 535 Å². The zero-order valence-corrected chi connectivity index (χ0v) is 69.5. The second-order valence-corrected chi connectivity index (χ2v) is 32.5. The van der Waals surface area contributed by atoms with Crippen LogP contribution < -0.4 is 74.9 Å². The summed E-state index contributed by atoms with van der Waals surface area (Å²) in [6, 6.07) is -4.64. The number of aliphatic hydroxyl groups excluding tert-OH is 2. The third-order valence-electron chi connectivity index (χ3n) is 18.9. The third-order valence-corrected chi connectivity index (χ3v) is 19.5. The molecule has 1 aromatic heterocycles. The van der Waals surface area contributed by atoms with Gasteiger partial charge in [-0.1, -0.05) is 152 Å². The lowest BCUT2D eigenvalue weighted by Crippen LogP contribution is -2.62. The van der Waals surface area contributed by atoms with Crippen LogP contribution in [0.3, 0.4) is 0 Å². The van der Waals surface area contributed by atoms with Gasteiger partial charge < -0.3 is 100 Å². The minimum absolute atomic E-state index is 0.00969. The molecule has 636 valence electrons. The van der Waals surface area contributed by atoms with Gasteiger partial charge in [0.1, 0.15) is 72.5 Å². The first-order valence-corrected chi connectivity index (χ1v) is 40.3. The minimum Gasteiger partial charge on any atom is -0.481 e. The smallest absolute Gasteiger partial charge is 0.328 e. The predicted octanol–water partition coefficient (Wildman–Crippen LogP) is 0.831. The molecule has 0 aliphatic rings. The molecule has 0 saturated carbocycles. The maximum atomic E-state index is 14.7. The molecule has 13 amide bonds. The van der Waals surface area contributed by atoms with Crippen LogP contribution in [0.2, 0.25) is 0 Å². The molecular weight excluding hydrogens is 1500 g/mol. The number of rotatable bonds is 50. The van der Waals surface area contributed by atoms with Gasteiger partial charge in [0.2, 0.25) is 76.8 Å². The number of carboxylic acids is 2. The number of thioether (sulfide) groups is 1. The van der Waals surface area contributed by atoms with E-state index in [1.54, 1.807) is 110 Å². The molecule has 0 fully saturated rings. The van der Waals surface area contributed by atoms with Crippen LogP contribution in [0.4, 0.5) is 0 Å². The zero-order valence-electron chi connectivity index (χ0n) is 68.7. The Morgan fingerprint density at radius 2 is 0.789 bits per heavy atom. The molecule has 20 N–H and O–H groups in total. The van der Waals surface area contributed by atoms with Crippen molar-refractivity contribution in [1.29, 1.82) is 0 Å². The van der Waals surface area contributed by atoms with Crippen molar-refractivity contribution in [2.75, 3.05) is 18.6 Å². The highest BCUT2D eigenvalue weighted by atomic mass is 32.2. The number of nitrogens with one attached hydrogen (secondary N) is 14. The van der Waals surface area contributed by atoms with Crippen LogP contribution in [0.25, 0.3) is 10.9 Å². The van der Waals surface area contributed by atoms with Crippen molar-refractivity contribution in [1.82, 2.24) is 74.1 Å². The summed E-state index contributed by atoms with van der Waals surface area (Å²) in [5.41, 5.74) is 7.95. The Morgan fingerprint density at radius 3 is 1.23 bits per heavy atom. The fourth-order valence-corrected chi connectivity index (χ4v) is 12.8. The highest BCUT2D eigenvalue weighted by Gasteiger charge is 2.40. The van der Waals surface area contributed by atoms with Crippen LogP contribution in [0.5, 0.6) is 0 Å². The van der Waals surface area contributed by atoms with Crippen molar-refractivity contribution in [3.8, 4) is 0 Å². The number of amides is 13. The van der Waals surface area contributed by atoms with Gasteiger partial charge in [-0.15, -0.1) is 0 Å². The lowest BCUT2D eigenvalue weighted by molar-refractivity contribution is -0.145. The first-order valence-electron chi connectivity index (χ1n) is 39.0. The molecule has 2 aromatic carbocycles. The first kappa shape index (κ1) is 98.5. The molecule has 16 atom stereocenters. The summed E-state index contributed by atoms with van der Waals surface area (Å²) in [5, 5.41) is 74.6. The highest BCUT2D eigenvalue weighted by molar-refractivity contribution is 7.98. The number of benzene rings is 2. The Kier molecular flexibility index (Phi) is 41.9. The van der Waals surface area contributed by atoms with Crippen molar-refractivity contribution in [2.24, 2.45) is 47.2 Å². The van der Waals surface area contributed by atoms with Crippen LogP contribution in [0.15, 0.2) is 60.8 Å². The fraction of sp³-hybridized carbons (Fsp3) is 0.633. The van der Waals surface area contributed by atoms with Gasteiger partial charge in [0, 0.05) is 29.9 Å². The number of fused-ring (bicyclic) bond motifs is 1. The van der Waals surface area contributed by atoms with Crippen molar-refractivity contribution < 1.29 is 92.3 Å². The standard InChI is InChI=1S/C79H125N15O19S/c1-18-45(14)64(78(111)89-57(34-48-24-20-19-21-25-48)72(105)88-59(36-61(97)98)68(101)82-46(15)66(99)91-62(43(10)11)77(110)94-65(47(16)96)79(112)113)93-76(109)63(44(12)13)92-74(107)56(33-42(8)9)85-70(103)55(32-41(6)7)86-75(108)60(38-95)90-73(106)58(35-49-37-81-52-27-23-22-26-50(49)52)87-71(104)54(31-40(4)5)84-69(102)53(30-39(2)3)83-67(100)51(80)28-29-114-17/h19-27,37,39-47,51,53-60,62-65,81,95-96H,18,28-36,38,80H2,1-17H3,(H,82,101)(H,83,100)(H,84,102)(H,85,103)(H,86,108)(H,87,104)(H,88,105)(H,89,111)(H,90,106)(H,91,99)(H,92,107)(H,93,109)(H,94,110)(H,97,98)(H,112,113)/t45-,46-,47+,51-,53-,54-,55-,56-,57-,58-,59-,60-,62-,63-,64-,65-/m0/s1. The Hall–Kier alpha value is -9.74. The molecule has 35 heteroatoms. The van der Waals surface area contributed by atoms with Gasteiger partial charge in [-0.3, -0.25) is 67.1 Å². The Bertz CT molecular complexity index is 3720. The second kappa shape index (κ2) is 48.5. The van der Waals surface area contributed by atoms with E-state index >= 15 is 0 Å². The highest BCUT2D eigenvalue weighted by Crippen LogP contribution is 2.22. The molecular formula is C79H125N15O19S. The number of nitrogens with two attached hydrogens (primary N) is 1. The summed E-state index contributed by atoms with van der Waals surface area (Å²) in [6.45, 7) is 25.5. The SMILES string of the molecule is CC[C@H](C)[C@H](NC(=O)[C@@H](NC(=O)[C@H](CC(C)C)NC(=O)[C@H](CC(C)C)NC(=O)[C@H](CO)NC(=O)[C@H](Cc1c[nH]c2ccccc12)NC(=O)[C@H](CC(C)C)NC(=O)[C@H](CC(C)C)NC(=O)[C@@H](N)CCSC)C(C)C)C(=O)N[C@@H](Cc1ccccc1)C(=O)N[C@@H](CC(=O)O)C(=O)N[C@@H](C)C(=O)N[C@H](C(=O)N[C@H](C(=O)O)[C@@H](C)O)C(C)C. The van der Waals surface area contributed by atoms with Gasteiger partial charge >= 0.3 is 11.9 Å². The van der Waals surface area contributed by atoms with Gasteiger partial charge in [0.15, 0.2) is 6.04 Å². The average Bonchev–Trinajstić information content (AvgIpc) is 1.62. The zero-order chi connectivity index (χ0) is 86.1. The van der Waals surface area contributed by atoms with Gasteiger partial charge in [-0.2, -0.15) is 11.8 Å². The minimum atomic E-state index is -1.89. The van der Waals surface area contributed by atoms with Crippen LogP contribution >= 0.6 is 11.8 Å². The van der Waals surface area contributed by atoms with Crippen molar-refractivity contribution in [2.45, 2.75) is 259 Å². The Morgan fingerprint density at radius 1 is 0.421 bits per heavy atom. The number of aromatic nitrogens is 1. The number of carboxylic acid groups (broad SMARTS) is 2. The van der Waals surface area contributed by atoms with E-state index in [4.69, 9.17) is 5.73 Å². The van der Waals surface area contributed by atoms with E-state index in [0.717, 1.165) is 6.92 Å². The summed E-state index contributed by atoms with van der Waals surface area (Å²) < 4.78 is 0. The quantitative estimate of drug-likeness (QED) is 0.0372. The molecule has 0 radical (unpaired) electrons. The summed E-state index contributed by atoms with van der Waals surface area (Å²) in [5.74, 6) is -16.9. The number of para-hydroxylation sites is 1. The average molecular weight is 1620 g/mol. The molecule has 3 rings (SSSR count). The molecule has 114 heavy (non-hydrogen) atoms. The number of H-pyrrole nitrogens is 1. The van der Waals surface area contributed by atoms with Crippen LogP contribution in [-0.4, -0.2) is 223 Å². The van der Waals surface area contributed by atoms with Gasteiger partial charge in [0.25, 0.3) is 0 Å². The maximum absolute atomic E-state index is 14.7. The van der Waals surface area contributed by atoms with Gasteiger partial charge in [0.05, 0.1) is 25.2 Å². The predicted molar refractivity (Wildman–Crippen MR) is 430 cm³/mol. The molecule has 0 unspecified atom stereocenters. The molecule has 0 spiro atoms. The molecule has 34 nitrogen and oxygen atoms in total. The summed E-state index contributed by atoms with van der Waals surface area (Å²) >= 11 is 1.51. The second-order valence-electron chi connectivity index (χ2n) is 31.6. The molecule has 0 aliphatic carbocycles. The van der Waals surface area contributed by atoms with E-state index in [1.165, 1.54) is 32.5 Å². The van der Waals surface area contributed by atoms with Crippen molar-refractivity contribution in [3.63, 3.8) is 0 Å². The maximum Gasteiger partial charge on any atom is 0.328 e. The summed E-state index contributed by atoms with van der Waals surface area (Å²) in [7, 11) is 0. The first-order chi connectivity index (χ1) is 53.4. The lowest BCUT2D eigenvalue weighted by Gasteiger charge is -2.31. The number of carbonyl (C=O) groups excluding carboxylic acids is 13. The summed E-state index contributed by atoms with van der Waals surface area (Å²) in [4.78, 5) is 212. The molecule has 0 bridgehead atoms. The van der Waals surface area contributed by atoms with Crippen LogP contribution in [0, 0.1) is 41.4 Å². The number of aliphatic carboxylic acids is 2. The molecule has 3 aromatic rings. The normalized spacial score (nSPS) is 15.8. The fourth-order valence-electron chi connectivity index (χ4n) is 12.3. The number of hydrogen-bond donors (Lipinski definition) is 19. The van der Waals surface area contributed by atoms with Crippen molar-refractivity contribution in [3.05, 3.63) is 71.9 Å². The third kappa shape index (κ3) is 33.0. The number of carbonyl (C=O) groups is 15. The van der Waals surface area contributed by atoms with E-state index in [1.807, 2.05) is 40.0 Å². The Labute approximate surface area is 671 Å². The number of aromatic amines is 1. The number of hydrogen-bond acceptors (Lipinski definition) is 19. The monoisotopic (exact) mass is 1620 g/mol. The van der Waals surface area contributed by atoms with Gasteiger partial charge in [-0.25, -0.2) is 4.79 Å². The molecule has 0 saturated heterocycles.